The van der Waals surface area contributed by atoms with E-state index in [2.05, 4.69) is 10.3 Å². The van der Waals surface area contributed by atoms with Gasteiger partial charge in [-0.1, -0.05) is 0 Å². The average Bonchev–Trinajstić information content (AvgIpc) is 2.94. The van der Waals surface area contributed by atoms with Crippen molar-refractivity contribution < 1.29 is 23.9 Å². The zero-order valence-electron chi connectivity index (χ0n) is 14.7. The van der Waals surface area contributed by atoms with Crippen LogP contribution in [-0.2, 0) is 20.8 Å². The number of aromatic amines is 1. The Labute approximate surface area is 150 Å². The molecule has 0 saturated carbocycles. The number of fused-ring (bicyclic) bond motifs is 1. The predicted molar refractivity (Wildman–Crippen MR) is 94.1 cm³/mol. The van der Waals surface area contributed by atoms with Crippen LogP contribution < -0.4 is 5.32 Å². The highest BCUT2D eigenvalue weighted by Crippen LogP contribution is 2.21. The van der Waals surface area contributed by atoms with E-state index in [0.717, 1.165) is 10.9 Å². The fourth-order valence-electron chi connectivity index (χ4n) is 2.84. The van der Waals surface area contributed by atoms with E-state index in [1.54, 1.807) is 19.3 Å². The first-order valence-electron chi connectivity index (χ1n) is 8.27. The monoisotopic (exact) mass is 363 g/mol. The van der Waals surface area contributed by atoms with Gasteiger partial charge in [-0.2, -0.15) is 0 Å². The summed E-state index contributed by atoms with van der Waals surface area (Å²) in [6, 6.07) is 3.55. The fraction of sp³-hybridized carbons (Fsp3) is 0.389. The lowest BCUT2D eigenvalue weighted by atomic mass is 10.0. The molecule has 0 bridgehead atoms. The van der Waals surface area contributed by atoms with E-state index in [9.17, 15) is 18.8 Å². The maximum atomic E-state index is 13.3. The average molecular weight is 363 g/mol. The molecule has 7 nitrogen and oxygen atoms in total. The van der Waals surface area contributed by atoms with E-state index in [1.165, 1.54) is 24.0 Å². The summed E-state index contributed by atoms with van der Waals surface area (Å²) in [4.78, 5) is 39.1. The number of rotatable bonds is 8. The van der Waals surface area contributed by atoms with E-state index in [-0.39, 0.29) is 37.0 Å². The second kappa shape index (κ2) is 8.46. The predicted octanol–water partition coefficient (Wildman–Crippen LogP) is 1.68. The third kappa shape index (κ3) is 5.05. The summed E-state index contributed by atoms with van der Waals surface area (Å²) in [5, 5.41) is 12.1. The highest BCUT2D eigenvalue weighted by atomic mass is 19.1. The van der Waals surface area contributed by atoms with Crippen LogP contribution in [0, 0.1) is 5.82 Å². The number of carbonyl (C=O) groups excluding carboxylic acids is 2. The number of H-pyrrole nitrogens is 1. The molecule has 1 heterocycles. The van der Waals surface area contributed by atoms with Gasteiger partial charge in [0.05, 0.1) is 0 Å². The summed E-state index contributed by atoms with van der Waals surface area (Å²) >= 11 is 0. The van der Waals surface area contributed by atoms with Gasteiger partial charge in [0.15, 0.2) is 0 Å². The molecule has 0 aliphatic carbocycles. The minimum Gasteiger partial charge on any atom is -0.481 e. The van der Waals surface area contributed by atoms with Crippen LogP contribution in [0.4, 0.5) is 4.39 Å². The molecule has 2 aromatic rings. The van der Waals surface area contributed by atoms with E-state index in [0.29, 0.717) is 11.9 Å². The molecule has 8 heteroatoms. The number of benzene rings is 1. The summed E-state index contributed by atoms with van der Waals surface area (Å²) in [6.45, 7) is 1.61. The van der Waals surface area contributed by atoms with Crippen LogP contribution in [0.3, 0.4) is 0 Å². The summed E-state index contributed by atoms with van der Waals surface area (Å²) in [5.41, 5.74) is 1.40. The van der Waals surface area contributed by atoms with Gasteiger partial charge in [-0.3, -0.25) is 14.4 Å². The number of amides is 2. The third-order valence-electron chi connectivity index (χ3n) is 4.09. The number of carboxylic acids is 1. The number of hydrogen-bond acceptors (Lipinski definition) is 3. The van der Waals surface area contributed by atoms with E-state index >= 15 is 0 Å². The molecule has 0 aliphatic rings. The molecule has 0 fully saturated rings. The van der Waals surface area contributed by atoms with Crippen molar-refractivity contribution in [1.29, 1.82) is 0 Å². The van der Waals surface area contributed by atoms with Crippen molar-refractivity contribution in [1.82, 2.24) is 15.2 Å². The van der Waals surface area contributed by atoms with Gasteiger partial charge in [0.25, 0.3) is 0 Å². The van der Waals surface area contributed by atoms with Crippen LogP contribution in [0.25, 0.3) is 10.9 Å². The molecule has 0 radical (unpaired) electrons. The zero-order chi connectivity index (χ0) is 19.3. The van der Waals surface area contributed by atoms with Gasteiger partial charge in [-0.25, -0.2) is 4.39 Å². The molecular weight excluding hydrogens is 341 g/mol. The number of carbonyl (C=O) groups is 3. The number of aliphatic carboxylic acids is 1. The molecule has 0 saturated heterocycles. The number of nitrogens with one attached hydrogen (secondary N) is 2. The molecule has 2 amide bonds. The summed E-state index contributed by atoms with van der Waals surface area (Å²) < 4.78 is 13.3. The molecule has 1 aromatic heterocycles. The van der Waals surface area contributed by atoms with Crippen molar-refractivity contribution >= 4 is 28.7 Å². The van der Waals surface area contributed by atoms with Gasteiger partial charge in [-0.05, 0) is 30.2 Å². The Morgan fingerprint density at radius 2 is 2.08 bits per heavy atom. The first-order chi connectivity index (χ1) is 12.3. The van der Waals surface area contributed by atoms with Crippen molar-refractivity contribution in [2.45, 2.75) is 32.2 Å². The standard InChI is InChI=1S/C18H22FN3O4/c1-11(23)21-16(18(26)22(2)7-3-4-17(24)25)8-12-10-20-15-9-13(19)5-6-14(12)15/h5-6,9-10,16,20H,3-4,7-8H2,1-2H3,(H,21,23)(H,24,25). The maximum absolute atomic E-state index is 13.3. The minimum absolute atomic E-state index is 0.0313. The van der Waals surface area contributed by atoms with Crippen molar-refractivity contribution in [2.24, 2.45) is 0 Å². The largest absolute Gasteiger partial charge is 0.481 e. The lowest BCUT2D eigenvalue weighted by molar-refractivity contribution is -0.138. The van der Waals surface area contributed by atoms with Gasteiger partial charge in [0, 0.05) is 50.5 Å². The Balaban J connectivity index is 2.14. The molecular formula is C18H22FN3O4. The summed E-state index contributed by atoms with van der Waals surface area (Å²) in [7, 11) is 1.57. The van der Waals surface area contributed by atoms with Gasteiger partial charge < -0.3 is 20.3 Å². The van der Waals surface area contributed by atoms with Crippen LogP contribution in [0.15, 0.2) is 24.4 Å². The molecule has 1 atom stereocenters. The van der Waals surface area contributed by atoms with Gasteiger partial charge >= 0.3 is 5.97 Å². The van der Waals surface area contributed by atoms with E-state index < -0.39 is 12.0 Å². The molecule has 3 N–H and O–H groups in total. The molecule has 1 unspecified atom stereocenters. The molecule has 0 aliphatic heterocycles. The van der Waals surface area contributed by atoms with Gasteiger partial charge in [-0.15, -0.1) is 0 Å². The molecule has 140 valence electrons. The molecule has 26 heavy (non-hydrogen) atoms. The Morgan fingerprint density at radius 3 is 2.73 bits per heavy atom. The minimum atomic E-state index is -0.921. The lowest BCUT2D eigenvalue weighted by Crippen LogP contribution is -2.48. The van der Waals surface area contributed by atoms with Crippen molar-refractivity contribution in [3.8, 4) is 0 Å². The number of likely N-dealkylation sites (N-methyl/N-ethyl adjacent to an activating group) is 1. The Morgan fingerprint density at radius 1 is 1.35 bits per heavy atom. The normalized spacial score (nSPS) is 12.0. The van der Waals surface area contributed by atoms with Crippen LogP contribution >= 0.6 is 0 Å². The smallest absolute Gasteiger partial charge is 0.303 e. The highest BCUT2D eigenvalue weighted by Gasteiger charge is 2.24. The van der Waals surface area contributed by atoms with Crippen LogP contribution in [0.2, 0.25) is 0 Å². The zero-order valence-corrected chi connectivity index (χ0v) is 14.7. The fourth-order valence-corrected chi connectivity index (χ4v) is 2.84. The van der Waals surface area contributed by atoms with Crippen LogP contribution in [0.1, 0.15) is 25.3 Å². The van der Waals surface area contributed by atoms with Crippen molar-refractivity contribution in [2.75, 3.05) is 13.6 Å². The maximum Gasteiger partial charge on any atom is 0.303 e. The second-order valence-corrected chi connectivity index (χ2v) is 6.22. The number of nitrogens with zero attached hydrogens (tertiary/aromatic N) is 1. The number of halogens is 1. The quantitative estimate of drug-likeness (QED) is 0.664. The van der Waals surface area contributed by atoms with Gasteiger partial charge in [0.2, 0.25) is 11.8 Å². The summed E-state index contributed by atoms with van der Waals surface area (Å²) in [6.07, 6.45) is 2.23. The first-order valence-corrected chi connectivity index (χ1v) is 8.27. The Bertz CT molecular complexity index is 818. The molecule has 0 spiro atoms. The SMILES string of the molecule is CC(=O)NC(Cc1c[nH]c2cc(F)ccc12)C(=O)N(C)CCCC(=O)O. The van der Waals surface area contributed by atoms with Crippen LogP contribution in [-0.4, -0.2) is 52.4 Å². The number of carboxylic acid groups (broad SMARTS) is 1. The molecule has 1 aromatic carbocycles. The van der Waals surface area contributed by atoms with Crippen molar-refractivity contribution in [3.63, 3.8) is 0 Å². The van der Waals surface area contributed by atoms with Crippen molar-refractivity contribution in [3.05, 3.63) is 35.8 Å². The Kier molecular flexibility index (Phi) is 6.32. The molecule has 2 rings (SSSR count). The van der Waals surface area contributed by atoms with E-state index in [1.807, 2.05) is 0 Å². The third-order valence-corrected chi connectivity index (χ3v) is 4.09. The lowest BCUT2D eigenvalue weighted by Gasteiger charge is -2.24. The summed E-state index contributed by atoms with van der Waals surface area (Å²) in [5.74, 6) is -1.93. The number of hydrogen-bond donors (Lipinski definition) is 3. The van der Waals surface area contributed by atoms with E-state index in [4.69, 9.17) is 5.11 Å². The van der Waals surface area contributed by atoms with Gasteiger partial charge in [0.1, 0.15) is 11.9 Å². The van der Waals surface area contributed by atoms with Crippen LogP contribution in [0.5, 0.6) is 0 Å². The topological polar surface area (TPSA) is 103 Å². The first kappa shape index (κ1) is 19.4. The second-order valence-electron chi connectivity index (χ2n) is 6.22. The Hall–Kier alpha value is -2.90. The number of aromatic nitrogens is 1. The highest BCUT2D eigenvalue weighted by molar-refractivity contribution is 5.89.